The van der Waals surface area contributed by atoms with E-state index >= 15 is 0 Å². The van der Waals surface area contributed by atoms with Crippen molar-refractivity contribution in [3.63, 3.8) is 0 Å². The molecule has 0 aromatic rings. The van der Waals surface area contributed by atoms with Gasteiger partial charge in [-0.05, 0) is 137 Å². The van der Waals surface area contributed by atoms with E-state index in [1.54, 1.807) is 27.9 Å². The van der Waals surface area contributed by atoms with Crippen LogP contribution in [0.4, 0.5) is 0 Å². The van der Waals surface area contributed by atoms with Gasteiger partial charge in [-0.25, -0.2) is 0 Å². The van der Waals surface area contributed by atoms with Crippen LogP contribution >= 0.6 is 0 Å². The second kappa shape index (κ2) is 9.22. The summed E-state index contributed by atoms with van der Waals surface area (Å²) in [7, 11) is 0. The molecule has 234 valence electrons. The fourth-order valence-corrected chi connectivity index (χ4v) is 11.6. The Morgan fingerprint density at radius 3 is 1.67 bits per heavy atom. The van der Waals surface area contributed by atoms with E-state index in [9.17, 15) is 10.2 Å². The first-order chi connectivity index (χ1) is 19.2. The standard InChI is InChI=1S/C30H44O.C10H18O/c1-16-22-10-19(26(22,4)5)11-23(16)29(14-20-12-24(17(29)2)27(20,6)7)30(31)15-21-13-25(18(30)3)28(21,8)9;1-8(2)10(11)6-4-9(3)5-7-10/h19-21,23,31H,10-15H2,1-9H3;4,8,11H,5-7H2,1-3H3. The van der Waals surface area contributed by atoms with Crippen LogP contribution in [0.3, 0.4) is 0 Å². The Hall–Kier alpha value is -1.12. The summed E-state index contributed by atoms with van der Waals surface area (Å²) in [5.74, 6) is 3.06. The summed E-state index contributed by atoms with van der Waals surface area (Å²) in [6, 6.07) is 0. The third kappa shape index (κ3) is 3.76. The molecule has 0 aromatic heterocycles. The lowest BCUT2D eigenvalue weighted by Crippen LogP contribution is -2.67. The van der Waals surface area contributed by atoms with Gasteiger partial charge in [0, 0.05) is 5.41 Å². The Balaban J connectivity index is 0.000000244. The smallest absolute Gasteiger partial charge is 0.0958 e. The van der Waals surface area contributed by atoms with Crippen molar-refractivity contribution in [2.75, 3.05) is 0 Å². The van der Waals surface area contributed by atoms with Crippen LogP contribution in [0.1, 0.15) is 141 Å². The van der Waals surface area contributed by atoms with Crippen LogP contribution in [0.5, 0.6) is 0 Å². The zero-order valence-electron chi connectivity index (χ0n) is 29.2. The van der Waals surface area contributed by atoms with Crippen molar-refractivity contribution in [2.45, 2.75) is 152 Å². The lowest BCUT2D eigenvalue weighted by Gasteiger charge is -2.71. The van der Waals surface area contributed by atoms with Gasteiger partial charge in [-0.3, -0.25) is 0 Å². The SMILES string of the molecule is CC1=C2CC(CC1C1(C3(O)CC4CC(=C3C)C4(C)C)CC3CC(=C1C)C3(C)C)C2(C)C.CC1=CCC(O)(C(C)C)CC1. The lowest BCUT2D eigenvalue weighted by atomic mass is 9.34. The van der Waals surface area contributed by atoms with Crippen molar-refractivity contribution < 1.29 is 10.2 Å². The van der Waals surface area contributed by atoms with Crippen molar-refractivity contribution in [1.29, 1.82) is 0 Å². The first kappa shape index (κ1) is 30.9. The number of hydrogen-bond acceptors (Lipinski definition) is 2. The maximum atomic E-state index is 12.9. The van der Waals surface area contributed by atoms with Gasteiger partial charge in [-0.15, -0.1) is 0 Å². The van der Waals surface area contributed by atoms with Crippen LogP contribution in [0.2, 0.25) is 0 Å². The molecule has 0 heterocycles. The quantitative estimate of drug-likeness (QED) is 0.329. The van der Waals surface area contributed by atoms with Crippen molar-refractivity contribution in [3.05, 3.63) is 45.1 Å². The van der Waals surface area contributed by atoms with Gasteiger partial charge in [0.05, 0.1) is 11.2 Å². The van der Waals surface area contributed by atoms with E-state index < -0.39 is 11.2 Å². The Morgan fingerprint density at radius 1 is 0.714 bits per heavy atom. The molecule has 0 amide bonds. The first-order valence-electron chi connectivity index (χ1n) is 17.5. The Labute approximate surface area is 258 Å². The molecule has 0 aliphatic heterocycles. The monoisotopic (exact) mass is 574 g/mol. The molecule has 7 atom stereocenters. The Morgan fingerprint density at radius 2 is 1.24 bits per heavy atom. The third-order valence-electron chi connectivity index (χ3n) is 15.7. The van der Waals surface area contributed by atoms with E-state index in [1.165, 1.54) is 43.3 Å². The van der Waals surface area contributed by atoms with Crippen molar-refractivity contribution in [1.82, 2.24) is 0 Å². The maximum Gasteiger partial charge on any atom is 0.0958 e. The molecule has 2 heteroatoms. The second-order valence-corrected chi connectivity index (χ2v) is 18.3. The highest BCUT2D eigenvalue weighted by molar-refractivity contribution is 5.51. The van der Waals surface area contributed by atoms with Gasteiger partial charge in [-0.2, -0.15) is 0 Å². The van der Waals surface area contributed by atoms with Crippen LogP contribution in [0.25, 0.3) is 0 Å². The average Bonchev–Trinajstić information content (AvgIpc) is 2.91. The highest BCUT2D eigenvalue weighted by Crippen LogP contribution is 2.76. The first-order valence-corrected chi connectivity index (χ1v) is 17.5. The molecular weight excluding hydrogens is 512 g/mol. The van der Waals surface area contributed by atoms with Gasteiger partial charge in [0.15, 0.2) is 0 Å². The molecule has 0 spiro atoms. The summed E-state index contributed by atoms with van der Waals surface area (Å²) >= 11 is 0. The van der Waals surface area contributed by atoms with Crippen LogP contribution in [0, 0.1) is 51.2 Å². The van der Waals surface area contributed by atoms with E-state index in [0.29, 0.717) is 34.0 Å². The van der Waals surface area contributed by atoms with E-state index in [2.05, 4.69) is 89.2 Å². The molecule has 0 saturated heterocycles. The molecule has 7 unspecified atom stereocenters. The number of rotatable bonds is 3. The molecule has 0 radical (unpaired) electrons. The highest BCUT2D eigenvalue weighted by Gasteiger charge is 2.70. The number of hydrogen-bond donors (Lipinski definition) is 2. The van der Waals surface area contributed by atoms with Gasteiger partial charge in [0.2, 0.25) is 0 Å². The summed E-state index contributed by atoms with van der Waals surface area (Å²) in [5, 5.41) is 22.9. The molecule has 10 rings (SSSR count). The van der Waals surface area contributed by atoms with Crippen molar-refractivity contribution >= 4 is 0 Å². The fourth-order valence-electron chi connectivity index (χ4n) is 11.6. The summed E-state index contributed by atoms with van der Waals surface area (Å²) in [5.41, 5.74) is 10.8. The van der Waals surface area contributed by atoms with Crippen LogP contribution in [-0.4, -0.2) is 21.4 Å². The third-order valence-corrected chi connectivity index (χ3v) is 15.7. The number of fused-ring (bicyclic) bond motifs is 8. The highest BCUT2D eigenvalue weighted by atomic mass is 16.3. The van der Waals surface area contributed by atoms with Gasteiger partial charge in [0.25, 0.3) is 0 Å². The van der Waals surface area contributed by atoms with E-state index in [-0.39, 0.29) is 5.41 Å². The molecule has 3 fully saturated rings. The molecule has 2 N–H and O–H groups in total. The summed E-state index contributed by atoms with van der Waals surface area (Å²) in [4.78, 5) is 0. The molecule has 3 saturated carbocycles. The molecule has 10 aliphatic carbocycles. The van der Waals surface area contributed by atoms with E-state index in [4.69, 9.17) is 0 Å². The Kier molecular flexibility index (Phi) is 6.78. The zero-order valence-corrected chi connectivity index (χ0v) is 29.2. The normalized spacial score (nSPS) is 44.0. The summed E-state index contributed by atoms with van der Waals surface area (Å²) < 4.78 is 0. The van der Waals surface area contributed by atoms with E-state index in [0.717, 1.165) is 37.5 Å². The summed E-state index contributed by atoms with van der Waals surface area (Å²) in [6.45, 7) is 28.2. The largest absolute Gasteiger partial charge is 0.389 e. The number of aliphatic hydroxyl groups is 2. The van der Waals surface area contributed by atoms with Gasteiger partial charge >= 0.3 is 0 Å². The molecule has 0 aromatic carbocycles. The predicted octanol–water partition coefficient (Wildman–Crippen LogP) is 10.1. The molecule has 10 aliphatic rings. The zero-order chi connectivity index (χ0) is 31.0. The van der Waals surface area contributed by atoms with Gasteiger partial charge in [-0.1, -0.05) is 94.9 Å². The number of allylic oxidation sites excluding steroid dienone is 5. The minimum absolute atomic E-state index is 0.0875. The average molecular weight is 575 g/mol. The minimum Gasteiger partial charge on any atom is -0.389 e. The van der Waals surface area contributed by atoms with Crippen LogP contribution in [-0.2, 0) is 0 Å². The second-order valence-electron chi connectivity index (χ2n) is 18.3. The Bertz CT molecular complexity index is 1310. The fraction of sp³-hybridized carbons (Fsp3) is 0.800. The molecule has 42 heavy (non-hydrogen) atoms. The van der Waals surface area contributed by atoms with E-state index in [1.807, 2.05) is 0 Å². The van der Waals surface area contributed by atoms with Crippen molar-refractivity contribution in [3.8, 4) is 0 Å². The maximum absolute atomic E-state index is 12.9. The summed E-state index contributed by atoms with van der Waals surface area (Å²) in [6.07, 6.45) is 12.3. The predicted molar refractivity (Wildman–Crippen MR) is 176 cm³/mol. The topological polar surface area (TPSA) is 40.5 Å². The molecular formula is C40H62O2. The minimum atomic E-state index is -0.661. The van der Waals surface area contributed by atoms with Gasteiger partial charge < -0.3 is 10.2 Å². The molecule has 2 nitrogen and oxygen atoms in total. The van der Waals surface area contributed by atoms with Crippen molar-refractivity contribution in [2.24, 2.45) is 51.2 Å². The van der Waals surface area contributed by atoms with Gasteiger partial charge in [0.1, 0.15) is 0 Å². The molecule has 6 bridgehead atoms. The van der Waals surface area contributed by atoms with Crippen LogP contribution < -0.4 is 0 Å². The van der Waals surface area contributed by atoms with Crippen LogP contribution in [0.15, 0.2) is 45.1 Å². The lowest BCUT2D eigenvalue weighted by molar-refractivity contribution is -0.148.